The van der Waals surface area contributed by atoms with Gasteiger partial charge in [-0.15, -0.1) is 0 Å². The van der Waals surface area contributed by atoms with E-state index in [1.807, 2.05) is 31.2 Å². The van der Waals surface area contributed by atoms with E-state index in [1.165, 1.54) is 0 Å². The van der Waals surface area contributed by atoms with Crippen molar-refractivity contribution in [3.63, 3.8) is 0 Å². The van der Waals surface area contributed by atoms with Crippen LogP contribution < -0.4 is 20.9 Å². The van der Waals surface area contributed by atoms with Gasteiger partial charge in [-0.3, -0.25) is 9.88 Å². The number of hydrogen-bond acceptors (Lipinski definition) is 9. The van der Waals surface area contributed by atoms with Gasteiger partial charge in [0.05, 0.1) is 17.2 Å². The molecule has 0 amide bonds. The molecule has 4 N–H and O–H groups in total. The molecule has 0 aliphatic carbocycles. The molecule has 39 heavy (non-hydrogen) atoms. The van der Waals surface area contributed by atoms with Gasteiger partial charge in [-0.2, -0.15) is 5.26 Å². The van der Waals surface area contributed by atoms with Gasteiger partial charge < -0.3 is 26.0 Å². The zero-order valence-corrected chi connectivity index (χ0v) is 23.0. The molecule has 2 fully saturated rings. The number of piperazine rings is 1. The number of aliphatic hydroxyl groups is 1. The summed E-state index contributed by atoms with van der Waals surface area (Å²) in [4.78, 5) is 14.2. The number of nitriles is 1. The van der Waals surface area contributed by atoms with Gasteiger partial charge in [0.1, 0.15) is 17.7 Å². The van der Waals surface area contributed by atoms with E-state index >= 15 is 0 Å². The minimum Gasteiger partial charge on any atom is -0.393 e. The molecule has 0 radical (unpaired) electrons. The van der Waals surface area contributed by atoms with E-state index < -0.39 is 0 Å². The standard InChI is InChI=1S/C30H40N8O/c1-21-17-32-19-27(21)35-28-6-3-7-29(36-28)38-13-11-37(12-14-38)20-23(15-22(2)39)18-34-26-9-8-24(16-31)30-25(26)5-4-10-33-30/h3-10,21-23,27,32,34,39H,11-15,17-20H2,1-2H3,(H,35,36). The highest BCUT2D eigenvalue weighted by atomic mass is 16.3. The summed E-state index contributed by atoms with van der Waals surface area (Å²) in [6.45, 7) is 11.6. The van der Waals surface area contributed by atoms with Gasteiger partial charge >= 0.3 is 0 Å². The van der Waals surface area contributed by atoms with E-state index in [-0.39, 0.29) is 12.0 Å². The molecule has 2 saturated heterocycles. The molecule has 1 aromatic carbocycles. The molecule has 0 saturated carbocycles. The molecule has 2 aliphatic rings. The first-order valence-corrected chi connectivity index (χ1v) is 14.1. The van der Waals surface area contributed by atoms with Crippen LogP contribution in [0.2, 0.25) is 0 Å². The number of aromatic nitrogens is 2. The number of hydrogen-bond donors (Lipinski definition) is 4. The Bertz CT molecular complexity index is 1280. The minimum absolute atomic E-state index is 0.284. The minimum atomic E-state index is -0.366. The molecule has 4 unspecified atom stereocenters. The van der Waals surface area contributed by atoms with Crippen LogP contribution in [0.25, 0.3) is 10.9 Å². The summed E-state index contributed by atoms with van der Waals surface area (Å²) in [5.41, 5.74) is 2.27. The van der Waals surface area contributed by atoms with Crippen LogP contribution in [0, 0.1) is 23.2 Å². The predicted molar refractivity (Wildman–Crippen MR) is 157 cm³/mol. The predicted octanol–water partition coefficient (Wildman–Crippen LogP) is 3.14. The molecule has 9 nitrogen and oxygen atoms in total. The van der Waals surface area contributed by atoms with Gasteiger partial charge in [-0.1, -0.05) is 13.0 Å². The van der Waals surface area contributed by atoms with E-state index in [9.17, 15) is 10.4 Å². The maximum absolute atomic E-state index is 10.2. The van der Waals surface area contributed by atoms with Gasteiger partial charge in [-0.25, -0.2) is 4.98 Å². The molecule has 2 aromatic heterocycles. The van der Waals surface area contributed by atoms with E-state index in [4.69, 9.17) is 4.98 Å². The number of anilines is 3. The summed E-state index contributed by atoms with van der Waals surface area (Å²) < 4.78 is 0. The fraction of sp³-hybridized carbons (Fsp3) is 0.500. The van der Waals surface area contributed by atoms with Crippen molar-refractivity contribution in [2.75, 3.05) is 67.9 Å². The molecule has 0 bridgehead atoms. The molecule has 4 atom stereocenters. The van der Waals surface area contributed by atoms with Gasteiger partial charge in [-0.05, 0) is 68.1 Å². The highest BCUT2D eigenvalue weighted by Gasteiger charge is 2.25. The molecule has 5 rings (SSSR count). The van der Waals surface area contributed by atoms with Crippen molar-refractivity contribution in [3.8, 4) is 6.07 Å². The highest BCUT2D eigenvalue weighted by molar-refractivity contribution is 5.94. The van der Waals surface area contributed by atoms with Gasteiger partial charge in [0.2, 0.25) is 0 Å². The summed E-state index contributed by atoms with van der Waals surface area (Å²) in [6.07, 6.45) is 2.08. The van der Waals surface area contributed by atoms with Gasteiger partial charge in [0.25, 0.3) is 0 Å². The molecule has 0 spiro atoms. The van der Waals surface area contributed by atoms with Crippen LogP contribution in [0.1, 0.15) is 25.8 Å². The summed E-state index contributed by atoms with van der Waals surface area (Å²) in [5.74, 6) is 2.85. The second kappa shape index (κ2) is 12.6. The van der Waals surface area contributed by atoms with Gasteiger partial charge in [0.15, 0.2) is 0 Å². The average molecular weight is 529 g/mol. The average Bonchev–Trinajstić information content (AvgIpc) is 3.35. The highest BCUT2D eigenvalue weighted by Crippen LogP contribution is 2.26. The summed E-state index contributed by atoms with van der Waals surface area (Å²) >= 11 is 0. The lowest BCUT2D eigenvalue weighted by Crippen LogP contribution is -2.48. The van der Waals surface area contributed by atoms with Crippen LogP contribution >= 0.6 is 0 Å². The van der Waals surface area contributed by atoms with Crippen LogP contribution in [0.4, 0.5) is 17.3 Å². The van der Waals surface area contributed by atoms with Crippen LogP contribution in [0.3, 0.4) is 0 Å². The number of nitrogens with zero attached hydrogens (tertiary/aromatic N) is 5. The molecule has 2 aliphatic heterocycles. The summed E-state index contributed by atoms with van der Waals surface area (Å²) in [5, 5.41) is 31.2. The van der Waals surface area contributed by atoms with E-state index in [0.29, 0.717) is 17.5 Å². The Morgan fingerprint density at radius 1 is 1.13 bits per heavy atom. The number of benzene rings is 1. The largest absolute Gasteiger partial charge is 0.393 e. The number of fused-ring (bicyclic) bond motifs is 1. The van der Waals surface area contributed by atoms with Crippen molar-refractivity contribution in [1.82, 2.24) is 20.2 Å². The Kier molecular flexibility index (Phi) is 8.77. The topological polar surface area (TPSA) is 112 Å². The molecule has 206 valence electrons. The quantitative estimate of drug-likeness (QED) is 0.315. The van der Waals surface area contributed by atoms with Crippen LogP contribution in [0.5, 0.6) is 0 Å². The fourth-order valence-corrected chi connectivity index (χ4v) is 5.77. The Morgan fingerprint density at radius 2 is 1.97 bits per heavy atom. The first kappa shape index (κ1) is 27.1. The Balaban J connectivity index is 1.17. The molecular weight excluding hydrogens is 488 g/mol. The number of pyridine rings is 2. The second-order valence-corrected chi connectivity index (χ2v) is 11.1. The second-order valence-electron chi connectivity index (χ2n) is 11.1. The number of aliphatic hydroxyl groups excluding tert-OH is 1. The van der Waals surface area contributed by atoms with Crippen molar-refractivity contribution in [3.05, 3.63) is 54.2 Å². The van der Waals surface area contributed by atoms with Crippen molar-refractivity contribution < 1.29 is 5.11 Å². The number of rotatable bonds is 10. The maximum atomic E-state index is 10.2. The summed E-state index contributed by atoms with van der Waals surface area (Å²) in [6, 6.07) is 16.6. The van der Waals surface area contributed by atoms with Crippen molar-refractivity contribution >= 4 is 28.2 Å². The van der Waals surface area contributed by atoms with Crippen LogP contribution in [0.15, 0.2) is 48.7 Å². The zero-order valence-electron chi connectivity index (χ0n) is 23.0. The van der Waals surface area contributed by atoms with E-state index in [0.717, 1.165) is 87.0 Å². The Hall–Kier alpha value is -3.45. The van der Waals surface area contributed by atoms with Crippen molar-refractivity contribution in [1.29, 1.82) is 5.26 Å². The monoisotopic (exact) mass is 528 g/mol. The lowest BCUT2D eigenvalue weighted by atomic mass is 10.00. The maximum Gasteiger partial charge on any atom is 0.131 e. The first-order chi connectivity index (χ1) is 19.0. The Morgan fingerprint density at radius 3 is 2.72 bits per heavy atom. The molecular formula is C30H40N8O. The van der Waals surface area contributed by atoms with Gasteiger partial charge in [0, 0.05) is 69.1 Å². The summed E-state index contributed by atoms with van der Waals surface area (Å²) in [7, 11) is 0. The molecule has 3 aromatic rings. The SMILES string of the molecule is CC(O)CC(CNc1ccc(C#N)c2ncccc12)CN1CCN(c2cccc(NC3CNCC3C)n2)CC1. The number of nitrogens with one attached hydrogen (secondary N) is 3. The normalized spacial score (nSPS) is 21.4. The zero-order chi connectivity index (χ0) is 27.2. The van der Waals surface area contributed by atoms with E-state index in [1.54, 1.807) is 6.20 Å². The fourth-order valence-electron chi connectivity index (χ4n) is 5.77. The van der Waals surface area contributed by atoms with E-state index in [2.05, 4.69) is 61.9 Å². The van der Waals surface area contributed by atoms with Crippen molar-refractivity contribution in [2.24, 2.45) is 11.8 Å². The van der Waals surface area contributed by atoms with Crippen molar-refractivity contribution in [2.45, 2.75) is 32.4 Å². The Labute approximate surface area is 231 Å². The molecule has 4 heterocycles. The lowest BCUT2D eigenvalue weighted by molar-refractivity contribution is 0.139. The first-order valence-electron chi connectivity index (χ1n) is 14.1. The lowest BCUT2D eigenvalue weighted by Gasteiger charge is -2.37. The van der Waals surface area contributed by atoms with Crippen LogP contribution in [-0.4, -0.2) is 84.5 Å². The smallest absolute Gasteiger partial charge is 0.131 e. The third-order valence-electron chi connectivity index (χ3n) is 7.94. The molecule has 9 heteroatoms. The third kappa shape index (κ3) is 6.77. The third-order valence-corrected chi connectivity index (χ3v) is 7.94. The van der Waals surface area contributed by atoms with Crippen LogP contribution in [-0.2, 0) is 0 Å².